The smallest absolute Gasteiger partial charge is 0.0681 e. The highest BCUT2D eigenvalue weighted by Crippen LogP contribution is 2.09. The quantitative estimate of drug-likeness (QED) is 0.846. The first-order chi connectivity index (χ1) is 7.88. The van der Waals surface area contributed by atoms with E-state index in [2.05, 4.69) is 4.98 Å². The van der Waals surface area contributed by atoms with Gasteiger partial charge in [-0.1, -0.05) is 36.4 Å². The summed E-state index contributed by atoms with van der Waals surface area (Å²) in [4.78, 5) is 3.96. The third kappa shape index (κ3) is 2.78. The highest BCUT2D eigenvalue weighted by molar-refractivity contribution is 5.69. The van der Waals surface area contributed by atoms with Gasteiger partial charge in [-0.05, 0) is 28.8 Å². The maximum atomic E-state index is 8.91. The fourth-order valence-corrected chi connectivity index (χ4v) is 1.40. The number of hydrogen-bond acceptors (Lipinski definition) is 2. The van der Waals surface area contributed by atoms with Crippen LogP contribution in [0.2, 0.25) is 0 Å². The monoisotopic (exact) mass is 211 g/mol. The van der Waals surface area contributed by atoms with E-state index in [0.29, 0.717) is 0 Å². The first-order valence-corrected chi connectivity index (χ1v) is 5.16. The molecule has 0 aliphatic rings. The van der Waals surface area contributed by atoms with Crippen LogP contribution in [0.25, 0.3) is 12.2 Å². The predicted molar refractivity (Wildman–Crippen MR) is 65.5 cm³/mol. The molecule has 0 atom stereocenters. The normalized spacial score (nSPS) is 10.8. The molecule has 2 aromatic rings. The van der Waals surface area contributed by atoms with Gasteiger partial charge in [0.15, 0.2) is 0 Å². The standard InChI is InChI=1S/C14H13NO/c16-11-14-5-3-12(4-6-14)1-2-13-7-9-15-10-8-13/h1-10,16H,11H2. The van der Waals surface area contributed by atoms with Crippen LogP contribution < -0.4 is 0 Å². The van der Waals surface area contributed by atoms with Crippen LogP contribution >= 0.6 is 0 Å². The average Bonchev–Trinajstić information content (AvgIpc) is 2.38. The van der Waals surface area contributed by atoms with Crippen LogP contribution in [0.4, 0.5) is 0 Å². The van der Waals surface area contributed by atoms with Crippen LogP contribution in [0, 0.1) is 0 Å². The fraction of sp³-hybridized carbons (Fsp3) is 0.0714. The number of hydrogen-bond donors (Lipinski definition) is 1. The molecule has 0 aliphatic carbocycles. The van der Waals surface area contributed by atoms with Gasteiger partial charge < -0.3 is 5.11 Å². The summed E-state index contributed by atoms with van der Waals surface area (Å²) in [5, 5.41) is 8.91. The lowest BCUT2D eigenvalue weighted by molar-refractivity contribution is 0.282. The van der Waals surface area contributed by atoms with Gasteiger partial charge >= 0.3 is 0 Å². The number of benzene rings is 1. The Morgan fingerprint density at radius 1 is 0.875 bits per heavy atom. The second-order valence-electron chi connectivity index (χ2n) is 3.51. The van der Waals surface area contributed by atoms with E-state index in [0.717, 1.165) is 16.7 Å². The Kier molecular flexibility index (Phi) is 3.46. The number of nitrogens with zero attached hydrogens (tertiary/aromatic N) is 1. The second-order valence-corrected chi connectivity index (χ2v) is 3.51. The summed E-state index contributed by atoms with van der Waals surface area (Å²) in [6.45, 7) is 0.0916. The molecule has 0 radical (unpaired) electrons. The van der Waals surface area contributed by atoms with Gasteiger partial charge in [0.2, 0.25) is 0 Å². The molecule has 0 fully saturated rings. The van der Waals surface area contributed by atoms with Crippen LogP contribution in [0.15, 0.2) is 48.8 Å². The third-order valence-corrected chi connectivity index (χ3v) is 2.34. The van der Waals surface area contributed by atoms with Crippen molar-refractivity contribution >= 4 is 12.2 Å². The molecule has 0 saturated heterocycles. The Morgan fingerprint density at radius 3 is 2.00 bits per heavy atom. The highest BCUT2D eigenvalue weighted by atomic mass is 16.3. The van der Waals surface area contributed by atoms with Gasteiger partial charge in [-0.2, -0.15) is 0 Å². The third-order valence-electron chi connectivity index (χ3n) is 2.34. The van der Waals surface area contributed by atoms with Crippen molar-refractivity contribution < 1.29 is 5.11 Å². The minimum absolute atomic E-state index is 0.0916. The van der Waals surface area contributed by atoms with Gasteiger partial charge in [-0.3, -0.25) is 4.98 Å². The van der Waals surface area contributed by atoms with E-state index in [-0.39, 0.29) is 6.61 Å². The maximum Gasteiger partial charge on any atom is 0.0681 e. The summed E-state index contributed by atoms with van der Waals surface area (Å²) in [5.74, 6) is 0. The van der Waals surface area contributed by atoms with Crippen LogP contribution in [-0.4, -0.2) is 10.1 Å². The zero-order valence-corrected chi connectivity index (χ0v) is 8.88. The Morgan fingerprint density at radius 2 is 1.44 bits per heavy atom. The van der Waals surface area contributed by atoms with E-state index in [1.807, 2.05) is 48.6 Å². The van der Waals surface area contributed by atoms with Gasteiger partial charge in [0.1, 0.15) is 0 Å². The van der Waals surface area contributed by atoms with E-state index in [4.69, 9.17) is 5.11 Å². The molecule has 0 spiro atoms. The fourth-order valence-electron chi connectivity index (χ4n) is 1.40. The van der Waals surface area contributed by atoms with Crippen LogP contribution in [0.3, 0.4) is 0 Å². The first kappa shape index (κ1) is 10.6. The molecule has 0 unspecified atom stereocenters. The van der Waals surface area contributed by atoms with Crippen molar-refractivity contribution in [2.75, 3.05) is 0 Å². The Labute approximate surface area is 94.9 Å². The van der Waals surface area contributed by atoms with Gasteiger partial charge in [0, 0.05) is 12.4 Å². The molecule has 2 heteroatoms. The molecule has 1 aromatic carbocycles. The lowest BCUT2D eigenvalue weighted by Crippen LogP contribution is -1.81. The Bertz CT molecular complexity index is 460. The number of pyridine rings is 1. The summed E-state index contributed by atoms with van der Waals surface area (Å²) >= 11 is 0. The average molecular weight is 211 g/mol. The van der Waals surface area contributed by atoms with Crippen LogP contribution in [0.1, 0.15) is 16.7 Å². The van der Waals surface area contributed by atoms with Gasteiger partial charge in [-0.25, -0.2) is 0 Å². The minimum Gasteiger partial charge on any atom is -0.392 e. The molecule has 0 saturated carbocycles. The zero-order chi connectivity index (χ0) is 11.2. The second kappa shape index (κ2) is 5.24. The summed E-state index contributed by atoms with van der Waals surface area (Å²) in [6, 6.07) is 11.7. The van der Waals surface area contributed by atoms with Crippen molar-refractivity contribution in [1.29, 1.82) is 0 Å². The van der Waals surface area contributed by atoms with Crippen molar-refractivity contribution in [3.63, 3.8) is 0 Å². The largest absolute Gasteiger partial charge is 0.392 e. The molecule has 0 amide bonds. The molecule has 16 heavy (non-hydrogen) atoms. The van der Waals surface area contributed by atoms with Crippen molar-refractivity contribution in [3.05, 3.63) is 65.5 Å². The molecule has 80 valence electrons. The number of aliphatic hydroxyl groups is 1. The van der Waals surface area contributed by atoms with Crippen molar-refractivity contribution in [1.82, 2.24) is 4.98 Å². The number of aromatic nitrogens is 1. The van der Waals surface area contributed by atoms with Gasteiger partial charge in [0.25, 0.3) is 0 Å². The summed E-state index contributed by atoms with van der Waals surface area (Å²) in [5.41, 5.74) is 3.18. The van der Waals surface area contributed by atoms with E-state index in [1.54, 1.807) is 12.4 Å². The lowest BCUT2D eigenvalue weighted by atomic mass is 10.1. The van der Waals surface area contributed by atoms with E-state index >= 15 is 0 Å². The summed E-state index contributed by atoms with van der Waals surface area (Å²) in [7, 11) is 0. The molecule has 2 rings (SSSR count). The molecule has 2 nitrogen and oxygen atoms in total. The SMILES string of the molecule is OCc1ccc(C=Cc2ccncc2)cc1. The number of rotatable bonds is 3. The number of aliphatic hydroxyl groups excluding tert-OH is 1. The van der Waals surface area contributed by atoms with Crippen molar-refractivity contribution in [2.45, 2.75) is 6.61 Å². The Hall–Kier alpha value is -1.93. The van der Waals surface area contributed by atoms with Gasteiger partial charge in [-0.15, -0.1) is 0 Å². The zero-order valence-electron chi connectivity index (χ0n) is 8.88. The highest BCUT2D eigenvalue weighted by Gasteiger charge is 1.90. The lowest BCUT2D eigenvalue weighted by Gasteiger charge is -1.97. The van der Waals surface area contributed by atoms with Crippen LogP contribution in [-0.2, 0) is 6.61 Å². The molecule has 1 aromatic heterocycles. The van der Waals surface area contributed by atoms with E-state index in [9.17, 15) is 0 Å². The molecule has 0 aliphatic heterocycles. The maximum absolute atomic E-state index is 8.91. The molecule has 1 heterocycles. The topological polar surface area (TPSA) is 33.1 Å². The van der Waals surface area contributed by atoms with E-state index in [1.165, 1.54) is 0 Å². The first-order valence-electron chi connectivity index (χ1n) is 5.16. The van der Waals surface area contributed by atoms with Crippen molar-refractivity contribution in [3.8, 4) is 0 Å². The molecular formula is C14H13NO. The minimum atomic E-state index is 0.0916. The van der Waals surface area contributed by atoms with E-state index < -0.39 is 0 Å². The molecule has 0 bridgehead atoms. The summed E-state index contributed by atoms with van der Waals surface area (Å²) < 4.78 is 0. The Balaban J connectivity index is 2.12. The van der Waals surface area contributed by atoms with Crippen LogP contribution in [0.5, 0.6) is 0 Å². The molecule has 1 N–H and O–H groups in total. The van der Waals surface area contributed by atoms with Gasteiger partial charge in [0.05, 0.1) is 6.61 Å². The summed E-state index contributed by atoms with van der Waals surface area (Å²) in [6.07, 6.45) is 7.62. The van der Waals surface area contributed by atoms with Crippen molar-refractivity contribution in [2.24, 2.45) is 0 Å². The predicted octanol–water partition coefficient (Wildman–Crippen LogP) is 2.74. The molecular weight excluding hydrogens is 198 g/mol.